The highest BCUT2D eigenvalue weighted by molar-refractivity contribution is 5.97. The standard InChI is InChI=1S/C38H60N8O14/c1-6-20(4)30(45-28(50)16-40-32(53)23(39)17-47)36(57)43-26(15-22-10-8-7-9-11-22)35(56)42-25(14-19(2)3)34(55)41-24(12-13-29(51)52)33(54)46-31(21(5)49)37(58)44-27(18-48)38(59)60/h7-11,19-21,23-27,30-31,47-49H,6,12-18,39H2,1-5H3,(H,40,53)(H,41,55)(H,42,56)(H,43,57)(H,44,58)(H,45,50)(H,46,54)(H,51,52)(H,59,60)/t20-,21+,23-,24-,25-,26-,27-,30-,31-/m0/s1. The summed E-state index contributed by atoms with van der Waals surface area (Å²) in [5, 5.41) is 63.8. The average molecular weight is 853 g/mol. The van der Waals surface area contributed by atoms with Crippen LogP contribution in [0.15, 0.2) is 30.3 Å². The van der Waals surface area contributed by atoms with Gasteiger partial charge in [0.25, 0.3) is 0 Å². The van der Waals surface area contributed by atoms with Gasteiger partial charge in [-0.3, -0.25) is 38.4 Å². The lowest BCUT2D eigenvalue weighted by molar-refractivity contribution is -0.144. The molecule has 22 nitrogen and oxygen atoms in total. The van der Waals surface area contributed by atoms with Crippen LogP contribution in [0.3, 0.4) is 0 Å². The van der Waals surface area contributed by atoms with Gasteiger partial charge in [-0.1, -0.05) is 64.4 Å². The van der Waals surface area contributed by atoms with Crippen molar-refractivity contribution in [2.75, 3.05) is 19.8 Å². The molecule has 0 aliphatic rings. The van der Waals surface area contributed by atoms with Gasteiger partial charge in [-0.15, -0.1) is 0 Å². The molecule has 0 aromatic heterocycles. The van der Waals surface area contributed by atoms with E-state index in [4.69, 9.17) is 10.8 Å². The number of carboxylic acid groups (broad SMARTS) is 2. The molecule has 7 amide bonds. The molecule has 0 unspecified atom stereocenters. The Morgan fingerprint density at radius 3 is 1.70 bits per heavy atom. The molecular formula is C38H60N8O14. The Morgan fingerprint density at radius 2 is 1.18 bits per heavy atom. The van der Waals surface area contributed by atoms with E-state index >= 15 is 0 Å². The monoisotopic (exact) mass is 852 g/mol. The number of aliphatic hydroxyl groups is 3. The van der Waals surface area contributed by atoms with Crippen LogP contribution >= 0.6 is 0 Å². The molecule has 0 aliphatic carbocycles. The molecule has 1 aromatic carbocycles. The van der Waals surface area contributed by atoms with Gasteiger partial charge < -0.3 is 68.5 Å². The number of carbonyl (C=O) groups excluding carboxylic acids is 7. The van der Waals surface area contributed by atoms with Crippen LogP contribution in [0.1, 0.15) is 65.9 Å². The van der Waals surface area contributed by atoms with E-state index in [2.05, 4.69) is 31.9 Å². The number of nitrogens with two attached hydrogens (primary N) is 1. The highest BCUT2D eigenvalue weighted by Crippen LogP contribution is 2.12. The zero-order chi connectivity index (χ0) is 45.7. The van der Waals surface area contributed by atoms with Crippen molar-refractivity contribution in [1.82, 2.24) is 37.2 Å². The molecule has 336 valence electrons. The van der Waals surface area contributed by atoms with Crippen molar-refractivity contribution in [3.8, 4) is 0 Å². The van der Waals surface area contributed by atoms with E-state index < -0.39 is 140 Å². The lowest BCUT2D eigenvalue weighted by Gasteiger charge is -2.29. The van der Waals surface area contributed by atoms with E-state index in [1.807, 2.05) is 5.32 Å². The van der Waals surface area contributed by atoms with Crippen molar-refractivity contribution in [3.63, 3.8) is 0 Å². The van der Waals surface area contributed by atoms with Crippen molar-refractivity contribution in [3.05, 3.63) is 35.9 Å². The van der Waals surface area contributed by atoms with Crippen LogP contribution in [0.5, 0.6) is 0 Å². The summed E-state index contributed by atoms with van der Waals surface area (Å²) in [6.07, 6.45) is -2.52. The first-order chi connectivity index (χ1) is 28.1. The summed E-state index contributed by atoms with van der Waals surface area (Å²) < 4.78 is 0. The van der Waals surface area contributed by atoms with E-state index in [0.717, 1.165) is 6.92 Å². The highest BCUT2D eigenvalue weighted by Gasteiger charge is 2.35. The summed E-state index contributed by atoms with van der Waals surface area (Å²) in [7, 11) is 0. The van der Waals surface area contributed by atoms with Crippen LogP contribution in [0.2, 0.25) is 0 Å². The molecule has 0 bridgehead atoms. The van der Waals surface area contributed by atoms with Gasteiger partial charge in [0.05, 0.1) is 25.9 Å². The fourth-order valence-corrected chi connectivity index (χ4v) is 5.52. The lowest BCUT2D eigenvalue weighted by Crippen LogP contribution is -2.61. The van der Waals surface area contributed by atoms with Crippen LogP contribution in [0, 0.1) is 11.8 Å². The largest absolute Gasteiger partial charge is 0.481 e. The van der Waals surface area contributed by atoms with E-state index in [9.17, 15) is 63.6 Å². The molecule has 0 radical (unpaired) electrons. The molecule has 0 saturated carbocycles. The third kappa shape index (κ3) is 18.5. The minimum atomic E-state index is -1.81. The summed E-state index contributed by atoms with van der Waals surface area (Å²) in [5.41, 5.74) is 6.07. The Labute approximate surface area is 347 Å². The fraction of sp³-hybridized carbons (Fsp3) is 0.605. The highest BCUT2D eigenvalue weighted by atomic mass is 16.4. The molecule has 60 heavy (non-hydrogen) atoms. The Morgan fingerprint density at radius 1 is 0.650 bits per heavy atom. The number of rotatable bonds is 27. The fourth-order valence-electron chi connectivity index (χ4n) is 5.52. The van der Waals surface area contributed by atoms with Crippen molar-refractivity contribution >= 4 is 53.3 Å². The van der Waals surface area contributed by atoms with Gasteiger partial charge in [0, 0.05) is 12.8 Å². The lowest BCUT2D eigenvalue weighted by atomic mass is 9.96. The number of hydrogen-bond donors (Lipinski definition) is 13. The molecule has 22 heteroatoms. The Hall–Kier alpha value is -5.71. The predicted molar refractivity (Wildman–Crippen MR) is 212 cm³/mol. The smallest absolute Gasteiger partial charge is 0.328 e. The van der Waals surface area contributed by atoms with Gasteiger partial charge in [0.15, 0.2) is 0 Å². The zero-order valence-corrected chi connectivity index (χ0v) is 34.3. The van der Waals surface area contributed by atoms with Crippen molar-refractivity contribution in [2.45, 2.75) is 115 Å². The second kappa shape index (κ2) is 26.4. The SMILES string of the molecule is CC[C@H](C)[C@H](NC(=O)CNC(=O)[C@@H](N)CO)C(=O)N[C@@H](Cc1ccccc1)C(=O)N[C@@H](CC(C)C)C(=O)N[C@@H](CCC(=O)O)C(=O)N[C@H](C(=O)N[C@@H](CO)C(=O)O)[C@@H](C)O. The van der Waals surface area contributed by atoms with E-state index in [1.165, 1.54) is 0 Å². The summed E-state index contributed by atoms with van der Waals surface area (Å²) in [6, 6.07) is -1.95. The number of carboxylic acids is 2. The van der Waals surface area contributed by atoms with Gasteiger partial charge in [-0.2, -0.15) is 0 Å². The molecule has 14 N–H and O–H groups in total. The molecule has 1 aromatic rings. The number of nitrogens with one attached hydrogen (secondary N) is 7. The van der Waals surface area contributed by atoms with Gasteiger partial charge in [0.1, 0.15) is 42.3 Å². The molecule has 0 aliphatic heterocycles. The maximum atomic E-state index is 14.1. The second-order valence-corrected chi connectivity index (χ2v) is 14.7. The number of aliphatic carboxylic acids is 2. The second-order valence-electron chi connectivity index (χ2n) is 14.7. The molecule has 0 heterocycles. The van der Waals surface area contributed by atoms with Gasteiger partial charge in [0.2, 0.25) is 41.4 Å². The maximum Gasteiger partial charge on any atom is 0.328 e. The number of hydrogen-bond acceptors (Lipinski definition) is 13. The quantitative estimate of drug-likeness (QED) is 0.0401. The minimum Gasteiger partial charge on any atom is -0.481 e. The van der Waals surface area contributed by atoms with Crippen molar-refractivity contribution in [1.29, 1.82) is 0 Å². The van der Waals surface area contributed by atoms with Gasteiger partial charge in [-0.25, -0.2) is 4.79 Å². The van der Waals surface area contributed by atoms with Crippen molar-refractivity contribution in [2.24, 2.45) is 17.6 Å². The van der Waals surface area contributed by atoms with Crippen LogP contribution in [-0.2, 0) is 49.6 Å². The topological polar surface area (TPSA) is 365 Å². The molecule has 0 fully saturated rings. The zero-order valence-electron chi connectivity index (χ0n) is 34.3. The Kier molecular flexibility index (Phi) is 23.0. The molecule has 0 spiro atoms. The predicted octanol–water partition coefficient (Wildman–Crippen LogP) is -4.01. The molecule has 9 atom stereocenters. The van der Waals surface area contributed by atoms with Gasteiger partial charge >= 0.3 is 11.9 Å². The molecule has 1 rings (SSSR count). The first kappa shape index (κ1) is 52.3. The summed E-state index contributed by atoms with van der Waals surface area (Å²) >= 11 is 0. The normalized spacial score (nSPS) is 15.6. The first-order valence-corrected chi connectivity index (χ1v) is 19.4. The number of aliphatic hydroxyl groups excluding tert-OH is 3. The summed E-state index contributed by atoms with van der Waals surface area (Å²) in [5.74, 6) is -10.2. The average Bonchev–Trinajstić information content (AvgIpc) is 3.19. The third-order valence-corrected chi connectivity index (χ3v) is 9.16. The van der Waals surface area contributed by atoms with Crippen molar-refractivity contribution < 1.29 is 68.7 Å². The molecule has 0 saturated heterocycles. The first-order valence-electron chi connectivity index (χ1n) is 19.4. The minimum absolute atomic E-state index is 0.0233. The van der Waals surface area contributed by atoms with Crippen LogP contribution in [0.25, 0.3) is 0 Å². The number of benzene rings is 1. The van der Waals surface area contributed by atoms with E-state index in [1.54, 1.807) is 58.0 Å². The van der Waals surface area contributed by atoms with Crippen LogP contribution in [-0.4, -0.2) is 147 Å². The molecular weight excluding hydrogens is 792 g/mol. The Balaban J connectivity index is 3.43. The van der Waals surface area contributed by atoms with Crippen LogP contribution < -0.4 is 43.0 Å². The van der Waals surface area contributed by atoms with E-state index in [-0.39, 0.29) is 18.8 Å². The maximum absolute atomic E-state index is 14.1. The summed E-state index contributed by atoms with van der Waals surface area (Å²) in [4.78, 5) is 116. The van der Waals surface area contributed by atoms with Gasteiger partial charge in [-0.05, 0) is 37.2 Å². The van der Waals surface area contributed by atoms with Crippen LogP contribution in [0.4, 0.5) is 0 Å². The number of carbonyl (C=O) groups is 9. The Bertz CT molecular complexity index is 1630. The third-order valence-electron chi connectivity index (χ3n) is 9.16. The van der Waals surface area contributed by atoms with E-state index in [0.29, 0.717) is 12.0 Å². The summed E-state index contributed by atoms with van der Waals surface area (Å²) in [6.45, 7) is 5.74. The number of amides is 7.